The molecule has 2 heterocycles. The van der Waals surface area contributed by atoms with Crippen molar-refractivity contribution in [3.63, 3.8) is 0 Å². The fourth-order valence-corrected chi connectivity index (χ4v) is 5.41. The van der Waals surface area contributed by atoms with Gasteiger partial charge in [0, 0.05) is 35.6 Å². The van der Waals surface area contributed by atoms with E-state index in [1.165, 1.54) is 16.9 Å². The molecule has 0 saturated heterocycles. The Balaban J connectivity index is 1.49. The molecule has 1 fully saturated rings. The highest BCUT2D eigenvalue weighted by atomic mass is 32.2. The normalized spacial score (nSPS) is 20.2. The summed E-state index contributed by atoms with van der Waals surface area (Å²) in [5, 5.41) is 4.12. The summed E-state index contributed by atoms with van der Waals surface area (Å²) in [5.41, 5.74) is 2.12. The minimum Gasteiger partial charge on any atom is -0.275 e. The Bertz CT molecular complexity index is 961. The first kappa shape index (κ1) is 15.6. The molecule has 1 aliphatic carbocycles. The monoisotopic (exact) mass is 359 g/mol. The Morgan fingerprint density at radius 1 is 1.21 bits per heavy atom. The fourth-order valence-electron chi connectivity index (χ4n) is 2.82. The van der Waals surface area contributed by atoms with Crippen LogP contribution in [0.1, 0.15) is 17.9 Å². The number of aromatic nitrogens is 2. The largest absolute Gasteiger partial charge is 0.275 e. The predicted octanol–water partition coefficient (Wildman–Crippen LogP) is 2.98. The zero-order valence-electron chi connectivity index (χ0n) is 13.1. The molecular weight excluding hydrogens is 342 g/mol. The Hall–Kier alpha value is -1.96. The van der Waals surface area contributed by atoms with Crippen LogP contribution in [-0.2, 0) is 17.1 Å². The van der Waals surface area contributed by atoms with Crippen LogP contribution in [0, 0.1) is 0 Å². The number of hydrogen-bond acceptors (Lipinski definition) is 4. The van der Waals surface area contributed by atoms with Crippen LogP contribution in [0.4, 0.5) is 0 Å². The van der Waals surface area contributed by atoms with Crippen molar-refractivity contribution in [1.82, 2.24) is 14.5 Å². The lowest BCUT2D eigenvalue weighted by Crippen LogP contribution is -2.26. The molecule has 2 atom stereocenters. The number of nitrogens with zero attached hydrogens (tertiary/aromatic N) is 2. The third kappa shape index (κ3) is 3.02. The minimum atomic E-state index is -3.48. The standard InChI is InChI=1S/C17H17N3O2S2/c1-20-11-13(10-18-20)16-7-8-17(23-16)24(21,22)19-15-9-14(15)12-5-3-2-4-6-12/h2-8,10-11,14-15,19H,9H2,1H3/t14-,15+/m1/s1. The van der Waals surface area contributed by atoms with E-state index in [1.807, 2.05) is 49.6 Å². The molecule has 2 aromatic heterocycles. The smallest absolute Gasteiger partial charge is 0.250 e. The number of thiophene rings is 1. The van der Waals surface area contributed by atoms with Crippen LogP contribution in [-0.4, -0.2) is 24.2 Å². The second kappa shape index (κ2) is 5.84. The van der Waals surface area contributed by atoms with Crippen molar-refractivity contribution < 1.29 is 8.42 Å². The third-order valence-electron chi connectivity index (χ3n) is 4.16. The number of benzene rings is 1. The van der Waals surface area contributed by atoms with Gasteiger partial charge in [-0.15, -0.1) is 11.3 Å². The summed E-state index contributed by atoms with van der Waals surface area (Å²) in [6, 6.07) is 13.5. The lowest BCUT2D eigenvalue weighted by Gasteiger charge is -2.04. The zero-order chi connectivity index (χ0) is 16.7. The molecule has 0 amide bonds. The average Bonchev–Trinajstić information content (AvgIpc) is 2.98. The van der Waals surface area contributed by atoms with Crippen LogP contribution in [0.25, 0.3) is 10.4 Å². The summed E-state index contributed by atoms with van der Waals surface area (Å²) in [7, 11) is -1.64. The van der Waals surface area contributed by atoms with Crippen molar-refractivity contribution in [2.75, 3.05) is 0 Å². The summed E-state index contributed by atoms with van der Waals surface area (Å²) in [5.74, 6) is 0.277. The van der Waals surface area contributed by atoms with Crippen molar-refractivity contribution in [2.24, 2.45) is 7.05 Å². The molecule has 0 radical (unpaired) electrons. The van der Waals surface area contributed by atoms with E-state index in [0.29, 0.717) is 4.21 Å². The van der Waals surface area contributed by atoms with E-state index in [1.54, 1.807) is 16.9 Å². The van der Waals surface area contributed by atoms with Gasteiger partial charge in [-0.1, -0.05) is 30.3 Å². The minimum absolute atomic E-state index is 0.0126. The van der Waals surface area contributed by atoms with Crippen molar-refractivity contribution >= 4 is 21.4 Å². The molecule has 1 aliphatic rings. The first-order valence-corrected chi connectivity index (χ1v) is 9.99. The van der Waals surface area contributed by atoms with Gasteiger partial charge in [0.05, 0.1) is 6.20 Å². The molecule has 1 aromatic carbocycles. The van der Waals surface area contributed by atoms with Crippen LogP contribution in [0.2, 0.25) is 0 Å². The van der Waals surface area contributed by atoms with Gasteiger partial charge >= 0.3 is 0 Å². The highest BCUT2D eigenvalue weighted by molar-refractivity contribution is 7.91. The predicted molar refractivity (Wildman–Crippen MR) is 94.4 cm³/mol. The Labute approximate surface area is 145 Å². The summed E-state index contributed by atoms with van der Waals surface area (Å²) in [6.07, 6.45) is 4.47. The molecule has 0 unspecified atom stereocenters. The molecule has 3 aromatic rings. The van der Waals surface area contributed by atoms with Crippen molar-refractivity contribution in [1.29, 1.82) is 0 Å². The second-order valence-electron chi connectivity index (χ2n) is 6.00. The highest BCUT2D eigenvalue weighted by Gasteiger charge is 2.41. The molecule has 1 saturated carbocycles. The van der Waals surface area contributed by atoms with Gasteiger partial charge in [0.2, 0.25) is 10.0 Å². The first-order valence-electron chi connectivity index (χ1n) is 7.69. The summed E-state index contributed by atoms with van der Waals surface area (Å²) in [4.78, 5) is 0.902. The summed E-state index contributed by atoms with van der Waals surface area (Å²) in [6.45, 7) is 0. The SMILES string of the molecule is Cn1cc(-c2ccc(S(=O)(=O)N[C@H]3C[C@@H]3c3ccccc3)s2)cn1. The fraction of sp³-hybridized carbons (Fsp3) is 0.235. The van der Waals surface area contributed by atoms with Gasteiger partial charge in [-0.25, -0.2) is 13.1 Å². The van der Waals surface area contributed by atoms with Crippen LogP contribution in [0.3, 0.4) is 0 Å². The van der Waals surface area contributed by atoms with Gasteiger partial charge in [-0.3, -0.25) is 4.68 Å². The van der Waals surface area contributed by atoms with Crippen LogP contribution in [0.15, 0.2) is 59.1 Å². The molecule has 24 heavy (non-hydrogen) atoms. The van der Waals surface area contributed by atoms with Gasteiger partial charge < -0.3 is 0 Å². The van der Waals surface area contributed by atoms with Gasteiger partial charge in [0.15, 0.2) is 0 Å². The molecule has 7 heteroatoms. The highest BCUT2D eigenvalue weighted by Crippen LogP contribution is 2.42. The van der Waals surface area contributed by atoms with Crippen LogP contribution < -0.4 is 4.72 Å². The van der Waals surface area contributed by atoms with Gasteiger partial charge in [-0.2, -0.15) is 5.10 Å². The van der Waals surface area contributed by atoms with E-state index in [4.69, 9.17) is 0 Å². The number of hydrogen-bond donors (Lipinski definition) is 1. The summed E-state index contributed by atoms with van der Waals surface area (Å²) >= 11 is 1.27. The van der Waals surface area contributed by atoms with E-state index in [2.05, 4.69) is 9.82 Å². The van der Waals surface area contributed by atoms with E-state index in [9.17, 15) is 8.42 Å². The van der Waals surface area contributed by atoms with E-state index in [-0.39, 0.29) is 12.0 Å². The van der Waals surface area contributed by atoms with Gasteiger partial charge in [-0.05, 0) is 24.1 Å². The van der Waals surface area contributed by atoms with E-state index in [0.717, 1.165) is 16.9 Å². The lowest BCUT2D eigenvalue weighted by molar-refractivity contribution is 0.582. The Morgan fingerprint density at radius 3 is 2.71 bits per heavy atom. The maximum atomic E-state index is 12.6. The first-order chi connectivity index (χ1) is 11.5. The second-order valence-corrected chi connectivity index (χ2v) is 9.03. The van der Waals surface area contributed by atoms with Gasteiger partial charge in [0.1, 0.15) is 4.21 Å². The topological polar surface area (TPSA) is 64.0 Å². The maximum Gasteiger partial charge on any atom is 0.250 e. The van der Waals surface area contributed by atoms with E-state index >= 15 is 0 Å². The average molecular weight is 359 g/mol. The van der Waals surface area contributed by atoms with Gasteiger partial charge in [0.25, 0.3) is 0 Å². The van der Waals surface area contributed by atoms with Crippen LogP contribution in [0.5, 0.6) is 0 Å². The number of rotatable bonds is 5. The third-order valence-corrected chi connectivity index (χ3v) is 7.28. The molecule has 1 N–H and O–H groups in total. The van der Waals surface area contributed by atoms with Crippen molar-refractivity contribution in [3.8, 4) is 10.4 Å². The van der Waals surface area contributed by atoms with Crippen LogP contribution >= 0.6 is 11.3 Å². The lowest BCUT2D eigenvalue weighted by atomic mass is 10.1. The molecular formula is C17H17N3O2S2. The van der Waals surface area contributed by atoms with Crippen molar-refractivity contribution in [2.45, 2.75) is 22.6 Å². The quantitative estimate of drug-likeness (QED) is 0.762. The molecule has 5 nitrogen and oxygen atoms in total. The molecule has 0 bridgehead atoms. The Kier molecular flexibility index (Phi) is 3.79. The van der Waals surface area contributed by atoms with Crippen molar-refractivity contribution in [3.05, 3.63) is 60.4 Å². The maximum absolute atomic E-state index is 12.6. The molecule has 4 rings (SSSR count). The number of sulfonamides is 1. The Morgan fingerprint density at radius 2 is 2.00 bits per heavy atom. The van der Waals surface area contributed by atoms with E-state index < -0.39 is 10.0 Å². The molecule has 124 valence electrons. The number of nitrogens with one attached hydrogen (secondary N) is 1. The summed E-state index contributed by atoms with van der Waals surface area (Å²) < 4.78 is 30.1. The molecule has 0 spiro atoms. The molecule has 0 aliphatic heterocycles. The zero-order valence-corrected chi connectivity index (χ0v) is 14.7. The number of aryl methyl sites for hydroxylation is 1.